The van der Waals surface area contributed by atoms with Gasteiger partial charge in [-0.3, -0.25) is 0 Å². The Balaban J connectivity index is 2.21. The number of nitrogens with two attached hydrogens (primary N) is 1. The number of morpholine rings is 1. The van der Waals surface area contributed by atoms with Crippen LogP contribution in [0.15, 0.2) is 6.07 Å². The minimum atomic E-state index is 0.0918. The van der Waals surface area contributed by atoms with Crippen molar-refractivity contribution in [2.24, 2.45) is 5.73 Å². The first kappa shape index (κ1) is 13.2. The van der Waals surface area contributed by atoms with Crippen molar-refractivity contribution in [1.82, 2.24) is 9.97 Å². The fourth-order valence-corrected chi connectivity index (χ4v) is 2.32. The van der Waals surface area contributed by atoms with Gasteiger partial charge in [0.2, 0.25) is 0 Å². The Morgan fingerprint density at radius 3 is 2.89 bits per heavy atom. The smallest absolute Gasteiger partial charge is 0.132 e. The van der Waals surface area contributed by atoms with Crippen LogP contribution in [-0.2, 0) is 11.2 Å². The molecule has 2 N–H and O–H groups in total. The largest absolute Gasteiger partial charge is 0.370 e. The first-order valence-corrected chi connectivity index (χ1v) is 6.57. The number of aryl methyl sites for hydroxylation is 2. The van der Waals surface area contributed by atoms with Gasteiger partial charge in [0.25, 0.3) is 0 Å². The standard InChI is InChI=1S/C13H22N4O/c1-4-11-5-13(16-10(3)15-11)17-7-9(2)18-12(6-14)8-17/h5,9,12H,4,6-8,14H2,1-3H3. The lowest BCUT2D eigenvalue weighted by molar-refractivity contribution is -0.0107. The van der Waals surface area contributed by atoms with Gasteiger partial charge >= 0.3 is 0 Å². The lowest BCUT2D eigenvalue weighted by atomic mass is 10.2. The van der Waals surface area contributed by atoms with Gasteiger partial charge in [0, 0.05) is 31.4 Å². The van der Waals surface area contributed by atoms with E-state index in [1.807, 2.05) is 6.92 Å². The van der Waals surface area contributed by atoms with Crippen LogP contribution in [0.4, 0.5) is 5.82 Å². The van der Waals surface area contributed by atoms with Gasteiger partial charge in [-0.2, -0.15) is 0 Å². The van der Waals surface area contributed by atoms with Crippen molar-refractivity contribution in [3.05, 3.63) is 17.6 Å². The maximum absolute atomic E-state index is 5.76. The van der Waals surface area contributed by atoms with E-state index in [9.17, 15) is 0 Å². The summed E-state index contributed by atoms with van der Waals surface area (Å²) in [7, 11) is 0. The van der Waals surface area contributed by atoms with Crippen molar-refractivity contribution in [1.29, 1.82) is 0 Å². The maximum atomic E-state index is 5.76. The van der Waals surface area contributed by atoms with E-state index in [1.54, 1.807) is 0 Å². The first-order chi connectivity index (χ1) is 8.62. The number of hydrogen-bond acceptors (Lipinski definition) is 5. The average Bonchev–Trinajstić information content (AvgIpc) is 2.37. The second kappa shape index (κ2) is 5.63. The van der Waals surface area contributed by atoms with Crippen LogP contribution in [0.3, 0.4) is 0 Å². The number of aromatic nitrogens is 2. The molecule has 100 valence electrons. The topological polar surface area (TPSA) is 64.3 Å². The van der Waals surface area contributed by atoms with Crippen LogP contribution in [-0.4, -0.2) is 41.8 Å². The molecular weight excluding hydrogens is 228 g/mol. The van der Waals surface area contributed by atoms with Crippen LogP contribution in [0.2, 0.25) is 0 Å². The Morgan fingerprint density at radius 2 is 2.22 bits per heavy atom. The molecule has 0 spiro atoms. The van der Waals surface area contributed by atoms with Gasteiger partial charge in [-0.25, -0.2) is 9.97 Å². The van der Waals surface area contributed by atoms with Crippen LogP contribution in [0.1, 0.15) is 25.4 Å². The second-order valence-electron chi connectivity index (χ2n) is 4.83. The Bertz CT molecular complexity index is 410. The summed E-state index contributed by atoms with van der Waals surface area (Å²) in [5, 5.41) is 0. The highest BCUT2D eigenvalue weighted by molar-refractivity contribution is 5.40. The minimum Gasteiger partial charge on any atom is -0.370 e. The highest BCUT2D eigenvalue weighted by Gasteiger charge is 2.25. The molecule has 0 radical (unpaired) electrons. The van der Waals surface area contributed by atoms with E-state index in [2.05, 4.69) is 34.8 Å². The predicted octanol–water partition coefficient (Wildman–Crippen LogP) is 0.900. The molecule has 2 rings (SSSR count). The van der Waals surface area contributed by atoms with Crippen LogP contribution in [0.5, 0.6) is 0 Å². The molecule has 5 nitrogen and oxygen atoms in total. The number of hydrogen-bond donors (Lipinski definition) is 1. The quantitative estimate of drug-likeness (QED) is 0.863. The van der Waals surface area contributed by atoms with Gasteiger partial charge in [-0.1, -0.05) is 6.92 Å². The van der Waals surface area contributed by atoms with Gasteiger partial charge in [0.15, 0.2) is 0 Å². The predicted molar refractivity (Wildman–Crippen MR) is 71.7 cm³/mol. The zero-order valence-electron chi connectivity index (χ0n) is 11.4. The summed E-state index contributed by atoms with van der Waals surface area (Å²) < 4.78 is 5.76. The lowest BCUT2D eigenvalue weighted by Gasteiger charge is -2.37. The van der Waals surface area contributed by atoms with Crippen LogP contribution in [0, 0.1) is 6.92 Å². The van der Waals surface area contributed by atoms with Crippen molar-refractivity contribution in [3.8, 4) is 0 Å². The third-order valence-electron chi connectivity index (χ3n) is 3.15. The molecule has 0 aromatic carbocycles. The lowest BCUT2D eigenvalue weighted by Crippen LogP contribution is -2.49. The van der Waals surface area contributed by atoms with Crippen LogP contribution >= 0.6 is 0 Å². The Morgan fingerprint density at radius 1 is 1.44 bits per heavy atom. The molecule has 0 saturated carbocycles. The van der Waals surface area contributed by atoms with E-state index >= 15 is 0 Å². The summed E-state index contributed by atoms with van der Waals surface area (Å²) in [5.41, 5.74) is 6.79. The number of nitrogens with zero attached hydrogens (tertiary/aromatic N) is 3. The molecule has 18 heavy (non-hydrogen) atoms. The highest BCUT2D eigenvalue weighted by atomic mass is 16.5. The molecule has 1 fully saturated rings. The molecule has 0 amide bonds. The zero-order chi connectivity index (χ0) is 13.1. The molecule has 1 saturated heterocycles. The molecule has 5 heteroatoms. The summed E-state index contributed by atoms with van der Waals surface area (Å²) in [6, 6.07) is 2.07. The molecule has 1 aliphatic heterocycles. The molecule has 1 aromatic heterocycles. The highest BCUT2D eigenvalue weighted by Crippen LogP contribution is 2.19. The molecule has 1 aliphatic rings. The summed E-state index contributed by atoms with van der Waals surface area (Å²) in [5.74, 6) is 1.82. The number of rotatable bonds is 3. The molecule has 2 unspecified atom stereocenters. The molecule has 1 aromatic rings. The molecule has 0 bridgehead atoms. The fraction of sp³-hybridized carbons (Fsp3) is 0.692. The van der Waals surface area contributed by atoms with Gasteiger partial charge in [0.05, 0.1) is 12.2 Å². The van der Waals surface area contributed by atoms with Crippen LogP contribution in [0.25, 0.3) is 0 Å². The molecule has 0 aliphatic carbocycles. The zero-order valence-corrected chi connectivity index (χ0v) is 11.4. The van der Waals surface area contributed by atoms with E-state index in [0.717, 1.165) is 36.8 Å². The Hall–Kier alpha value is -1.20. The van der Waals surface area contributed by atoms with E-state index in [0.29, 0.717) is 6.54 Å². The number of ether oxygens (including phenoxy) is 1. The summed E-state index contributed by atoms with van der Waals surface area (Å²) >= 11 is 0. The van der Waals surface area contributed by atoms with Crippen LogP contribution < -0.4 is 10.6 Å². The van der Waals surface area contributed by atoms with E-state index in [1.165, 1.54) is 0 Å². The summed E-state index contributed by atoms with van der Waals surface area (Å²) in [4.78, 5) is 11.2. The third kappa shape index (κ3) is 2.97. The Labute approximate surface area is 108 Å². The average molecular weight is 250 g/mol. The van der Waals surface area contributed by atoms with Gasteiger partial charge < -0.3 is 15.4 Å². The monoisotopic (exact) mass is 250 g/mol. The van der Waals surface area contributed by atoms with Gasteiger partial charge in [-0.15, -0.1) is 0 Å². The van der Waals surface area contributed by atoms with Crippen molar-refractivity contribution >= 4 is 5.82 Å². The van der Waals surface area contributed by atoms with Crippen molar-refractivity contribution in [2.45, 2.75) is 39.4 Å². The number of anilines is 1. The van der Waals surface area contributed by atoms with Crippen molar-refractivity contribution < 1.29 is 4.74 Å². The molecular formula is C13H22N4O. The second-order valence-corrected chi connectivity index (χ2v) is 4.83. The molecule has 2 heterocycles. The van der Waals surface area contributed by atoms with E-state index < -0.39 is 0 Å². The molecule has 2 atom stereocenters. The van der Waals surface area contributed by atoms with Gasteiger partial charge in [-0.05, 0) is 20.3 Å². The Kier molecular flexibility index (Phi) is 4.14. The van der Waals surface area contributed by atoms with Gasteiger partial charge in [0.1, 0.15) is 11.6 Å². The summed E-state index contributed by atoms with van der Waals surface area (Å²) in [6.07, 6.45) is 1.21. The maximum Gasteiger partial charge on any atom is 0.132 e. The van der Waals surface area contributed by atoms with Crippen molar-refractivity contribution in [3.63, 3.8) is 0 Å². The van der Waals surface area contributed by atoms with Crippen molar-refractivity contribution in [2.75, 3.05) is 24.5 Å². The normalized spacial score (nSPS) is 24.3. The summed E-state index contributed by atoms with van der Waals surface area (Å²) in [6.45, 7) is 8.33. The van der Waals surface area contributed by atoms with E-state index in [-0.39, 0.29) is 12.2 Å². The van der Waals surface area contributed by atoms with E-state index in [4.69, 9.17) is 10.5 Å². The fourth-order valence-electron chi connectivity index (χ4n) is 2.32. The SMILES string of the molecule is CCc1cc(N2CC(C)OC(CN)C2)nc(C)n1. The third-order valence-corrected chi connectivity index (χ3v) is 3.15. The first-order valence-electron chi connectivity index (χ1n) is 6.57. The minimum absolute atomic E-state index is 0.0918.